The summed E-state index contributed by atoms with van der Waals surface area (Å²) in [5.41, 5.74) is 1.33. The van der Waals surface area contributed by atoms with Gasteiger partial charge in [0.05, 0.1) is 10.4 Å². The Morgan fingerprint density at radius 1 is 1.33 bits per heavy atom. The van der Waals surface area contributed by atoms with Gasteiger partial charge in [-0.25, -0.2) is 0 Å². The fourth-order valence-electron chi connectivity index (χ4n) is 1.68. The van der Waals surface area contributed by atoms with Gasteiger partial charge in [0.25, 0.3) is 0 Å². The molecule has 0 saturated heterocycles. The molecule has 0 aliphatic carbocycles. The lowest BCUT2D eigenvalue weighted by atomic mass is 10.2. The average molecular weight is 220 g/mol. The molecule has 0 radical (unpaired) electrons. The fraction of sp³-hybridized carbons (Fsp3) is 0.333. The number of rotatable bonds is 4. The van der Waals surface area contributed by atoms with Crippen molar-refractivity contribution < 1.29 is 0 Å². The first kappa shape index (κ1) is 10.5. The zero-order chi connectivity index (χ0) is 10.7. The highest BCUT2D eigenvalue weighted by molar-refractivity contribution is 7.17. The number of hydrogen-bond donors (Lipinski definition) is 1. The Morgan fingerprint density at radius 3 is 3.00 bits per heavy atom. The maximum absolute atomic E-state index is 3.17. The number of fused-ring (bicyclic) bond motifs is 1. The van der Waals surface area contributed by atoms with Crippen molar-refractivity contribution in [1.82, 2.24) is 5.32 Å². The van der Waals surface area contributed by atoms with Gasteiger partial charge in [0.2, 0.25) is 0 Å². The molecule has 15 heavy (non-hydrogen) atoms. The van der Waals surface area contributed by atoms with Crippen LogP contribution in [0, 0.1) is 0 Å². The highest BCUT2D eigenvalue weighted by Crippen LogP contribution is 2.30. The fourth-order valence-corrected chi connectivity index (χ4v) is 2.65. The SMILES string of the molecule is CNCCN(C)c1cccc2ccsc12. The van der Waals surface area contributed by atoms with E-state index in [-0.39, 0.29) is 0 Å². The van der Waals surface area contributed by atoms with Crippen molar-refractivity contribution in [3.63, 3.8) is 0 Å². The van der Waals surface area contributed by atoms with E-state index in [2.05, 4.69) is 46.9 Å². The van der Waals surface area contributed by atoms with Gasteiger partial charge in [0.15, 0.2) is 0 Å². The summed E-state index contributed by atoms with van der Waals surface area (Å²) in [4.78, 5) is 2.30. The van der Waals surface area contributed by atoms with Gasteiger partial charge in [-0.2, -0.15) is 0 Å². The number of hydrogen-bond acceptors (Lipinski definition) is 3. The van der Waals surface area contributed by atoms with Crippen LogP contribution in [0.1, 0.15) is 0 Å². The maximum atomic E-state index is 3.17. The lowest BCUT2D eigenvalue weighted by molar-refractivity contribution is 0.769. The van der Waals surface area contributed by atoms with Gasteiger partial charge in [0, 0.05) is 20.1 Å². The van der Waals surface area contributed by atoms with Crippen LogP contribution in [0.15, 0.2) is 29.6 Å². The molecule has 3 heteroatoms. The number of nitrogens with zero attached hydrogens (tertiary/aromatic N) is 1. The predicted octanol–water partition coefficient (Wildman–Crippen LogP) is 2.56. The molecule has 0 amide bonds. The normalized spacial score (nSPS) is 10.8. The first-order valence-corrected chi connectivity index (χ1v) is 6.03. The van der Waals surface area contributed by atoms with Gasteiger partial charge >= 0.3 is 0 Å². The molecule has 0 bridgehead atoms. The Kier molecular flexibility index (Phi) is 3.23. The zero-order valence-electron chi connectivity index (χ0n) is 9.16. The van der Waals surface area contributed by atoms with Crippen molar-refractivity contribution >= 4 is 27.1 Å². The molecule has 2 aromatic rings. The first-order chi connectivity index (χ1) is 7.33. The Balaban J connectivity index is 2.29. The van der Waals surface area contributed by atoms with E-state index in [1.807, 2.05) is 18.4 Å². The summed E-state index contributed by atoms with van der Waals surface area (Å²) in [5, 5.41) is 6.67. The van der Waals surface area contributed by atoms with Crippen molar-refractivity contribution in [2.45, 2.75) is 0 Å². The molecule has 1 aromatic heterocycles. The van der Waals surface area contributed by atoms with Gasteiger partial charge in [-0.15, -0.1) is 11.3 Å². The lowest BCUT2D eigenvalue weighted by Gasteiger charge is -2.19. The third-order valence-electron chi connectivity index (χ3n) is 2.57. The summed E-state index contributed by atoms with van der Waals surface area (Å²) in [5.74, 6) is 0. The molecule has 0 spiro atoms. The Morgan fingerprint density at radius 2 is 2.20 bits per heavy atom. The van der Waals surface area contributed by atoms with Crippen LogP contribution in [-0.4, -0.2) is 27.2 Å². The van der Waals surface area contributed by atoms with Gasteiger partial charge in [0.1, 0.15) is 0 Å². The predicted molar refractivity (Wildman–Crippen MR) is 69.0 cm³/mol. The minimum atomic E-state index is 1.01. The quantitative estimate of drug-likeness (QED) is 0.852. The highest BCUT2D eigenvalue weighted by Gasteiger charge is 2.05. The topological polar surface area (TPSA) is 15.3 Å². The van der Waals surface area contributed by atoms with E-state index in [0.717, 1.165) is 13.1 Å². The largest absolute Gasteiger partial charge is 0.372 e. The van der Waals surface area contributed by atoms with Crippen LogP contribution in [0.2, 0.25) is 0 Å². The van der Waals surface area contributed by atoms with E-state index in [0.29, 0.717) is 0 Å². The smallest absolute Gasteiger partial charge is 0.0576 e. The monoisotopic (exact) mass is 220 g/mol. The summed E-state index contributed by atoms with van der Waals surface area (Å²) in [6.45, 7) is 2.05. The summed E-state index contributed by atoms with van der Waals surface area (Å²) in [7, 11) is 4.13. The molecule has 0 aliphatic heterocycles. The van der Waals surface area contributed by atoms with Gasteiger partial charge < -0.3 is 10.2 Å². The third kappa shape index (κ3) is 2.13. The van der Waals surface area contributed by atoms with Gasteiger partial charge in [-0.3, -0.25) is 0 Å². The van der Waals surface area contributed by atoms with Gasteiger partial charge in [-0.05, 0) is 29.9 Å². The number of thiophene rings is 1. The molecule has 1 heterocycles. The minimum Gasteiger partial charge on any atom is -0.372 e. The minimum absolute atomic E-state index is 1.01. The molecule has 0 saturated carbocycles. The lowest BCUT2D eigenvalue weighted by Crippen LogP contribution is -2.26. The maximum Gasteiger partial charge on any atom is 0.0576 e. The molecular formula is C12H16N2S. The molecule has 0 fully saturated rings. The van der Waals surface area contributed by atoms with Gasteiger partial charge in [-0.1, -0.05) is 12.1 Å². The zero-order valence-corrected chi connectivity index (χ0v) is 9.97. The van der Waals surface area contributed by atoms with E-state index in [4.69, 9.17) is 0 Å². The Hall–Kier alpha value is -1.06. The second-order valence-electron chi connectivity index (χ2n) is 3.64. The van der Waals surface area contributed by atoms with Crippen LogP contribution in [0.25, 0.3) is 10.1 Å². The van der Waals surface area contributed by atoms with E-state index in [9.17, 15) is 0 Å². The molecule has 0 unspecified atom stereocenters. The van der Waals surface area contributed by atoms with Crippen LogP contribution >= 0.6 is 11.3 Å². The Bertz CT molecular complexity index is 436. The second kappa shape index (κ2) is 4.64. The Labute approximate surface area is 94.5 Å². The molecule has 0 aliphatic rings. The number of benzene rings is 1. The van der Waals surface area contributed by atoms with Crippen LogP contribution in [0.4, 0.5) is 5.69 Å². The number of nitrogens with one attached hydrogen (secondary N) is 1. The summed E-state index contributed by atoms with van der Waals surface area (Å²) in [6.07, 6.45) is 0. The van der Waals surface area contributed by atoms with Crippen LogP contribution < -0.4 is 10.2 Å². The van der Waals surface area contributed by atoms with Crippen molar-refractivity contribution in [3.8, 4) is 0 Å². The third-order valence-corrected chi connectivity index (χ3v) is 3.52. The molecular weight excluding hydrogens is 204 g/mol. The standard InChI is InChI=1S/C12H16N2S/c1-13-7-8-14(2)11-5-3-4-10-6-9-15-12(10)11/h3-6,9,13H,7-8H2,1-2H3. The summed E-state index contributed by atoms with van der Waals surface area (Å²) in [6, 6.07) is 8.66. The second-order valence-corrected chi connectivity index (χ2v) is 4.56. The van der Waals surface area contributed by atoms with Crippen molar-refractivity contribution in [1.29, 1.82) is 0 Å². The van der Waals surface area contributed by atoms with E-state index in [1.54, 1.807) is 0 Å². The van der Waals surface area contributed by atoms with Crippen LogP contribution in [0.5, 0.6) is 0 Å². The number of likely N-dealkylation sites (N-methyl/N-ethyl adjacent to an activating group) is 2. The molecule has 2 nitrogen and oxygen atoms in total. The molecule has 80 valence electrons. The van der Waals surface area contributed by atoms with E-state index < -0.39 is 0 Å². The summed E-state index contributed by atoms with van der Waals surface area (Å²) < 4.78 is 1.39. The average Bonchev–Trinajstić information content (AvgIpc) is 2.73. The molecule has 1 aromatic carbocycles. The van der Waals surface area contributed by atoms with E-state index in [1.165, 1.54) is 15.8 Å². The van der Waals surface area contributed by atoms with Crippen LogP contribution in [-0.2, 0) is 0 Å². The molecule has 1 N–H and O–H groups in total. The highest BCUT2D eigenvalue weighted by atomic mass is 32.1. The van der Waals surface area contributed by atoms with Crippen molar-refractivity contribution in [2.24, 2.45) is 0 Å². The first-order valence-electron chi connectivity index (χ1n) is 5.15. The van der Waals surface area contributed by atoms with Crippen molar-refractivity contribution in [3.05, 3.63) is 29.6 Å². The molecule has 2 rings (SSSR count). The van der Waals surface area contributed by atoms with E-state index >= 15 is 0 Å². The van der Waals surface area contributed by atoms with Crippen LogP contribution in [0.3, 0.4) is 0 Å². The molecule has 0 atom stereocenters. The van der Waals surface area contributed by atoms with Crippen molar-refractivity contribution in [2.75, 3.05) is 32.1 Å². The summed E-state index contributed by atoms with van der Waals surface area (Å²) >= 11 is 1.81. The number of anilines is 1.